The van der Waals surface area contributed by atoms with Gasteiger partial charge >= 0.3 is 0 Å². The molecule has 0 aromatic heterocycles. The van der Waals surface area contributed by atoms with E-state index in [9.17, 15) is 0 Å². The Balaban J connectivity index is 3.04. The highest BCUT2D eigenvalue weighted by Crippen LogP contribution is 2.24. The van der Waals surface area contributed by atoms with Crippen LogP contribution in [0.5, 0.6) is 0 Å². The van der Waals surface area contributed by atoms with E-state index >= 15 is 0 Å². The lowest BCUT2D eigenvalue weighted by molar-refractivity contribution is 0.700. The Kier molecular flexibility index (Phi) is 3.12. The van der Waals surface area contributed by atoms with Crippen molar-refractivity contribution in [2.45, 2.75) is 19.4 Å². The smallest absolute Gasteiger partial charge is 0.0363 e. The third-order valence-electron chi connectivity index (χ3n) is 1.89. The fourth-order valence-electron chi connectivity index (χ4n) is 1.09. The Bertz CT molecular complexity index is 273. The number of anilines is 1. The first kappa shape index (κ1) is 9.55. The fraction of sp³-hybridized carbons (Fsp3) is 0.333. The molecule has 0 amide bonds. The Morgan fingerprint density at radius 2 is 2.17 bits per heavy atom. The molecule has 0 saturated heterocycles. The number of benzene rings is 1. The van der Waals surface area contributed by atoms with Crippen molar-refractivity contribution in [3.05, 3.63) is 28.2 Å². The second-order valence-electron chi connectivity index (χ2n) is 2.79. The molecular formula is C9H13BrN2. The minimum atomic E-state index is 0.0440. The second kappa shape index (κ2) is 3.92. The molecular weight excluding hydrogens is 216 g/mol. The lowest BCUT2D eigenvalue weighted by Gasteiger charge is -2.12. The Labute approximate surface area is 81.1 Å². The van der Waals surface area contributed by atoms with Crippen LogP contribution in [0.15, 0.2) is 22.7 Å². The molecule has 1 unspecified atom stereocenters. The average Bonchev–Trinajstić information content (AvgIpc) is 2.08. The van der Waals surface area contributed by atoms with Gasteiger partial charge in [-0.15, -0.1) is 0 Å². The zero-order valence-electron chi connectivity index (χ0n) is 7.05. The van der Waals surface area contributed by atoms with Crippen molar-refractivity contribution in [2.24, 2.45) is 5.73 Å². The molecule has 0 spiro atoms. The monoisotopic (exact) mass is 228 g/mol. The molecule has 0 aliphatic carbocycles. The van der Waals surface area contributed by atoms with Crippen LogP contribution in [0.4, 0.5) is 5.69 Å². The molecule has 4 N–H and O–H groups in total. The first-order valence-electron chi connectivity index (χ1n) is 3.95. The van der Waals surface area contributed by atoms with E-state index in [0.29, 0.717) is 0 Å². The number of rotatable bonds is 2. The van der Waals surface area contributed by atoms with Crippen molar-refractivity contribution >= 4 is 21.6 Å². The average molecular weight is 229 g/mol. The van der Waals surface area contributed by atoms with Gasteiger partial charge in [-0.1, -0.05) is 22.9 Å². The highest BCUT2D eigenvalue weighted by molar-refractivity contribution is 9.10. The summed E-state index contributed by atoms with van der Waals surface area (Å²) in [5.74, 6) is 0. The van der Waals surface area contributed by atoms with E-state index in [1.54, 1.807) is 0 Å². The van der Waals surface area contributed by atoms with Gasteiger partial charge in [0.1, 0.15) is 0 Å². The third kappa shape index (κ3) is 1.99. The summed E-state index contributed by atoms with van der Waals surface area (Å²) in [4.78, 5) is 0. The summed E-state index contributed by atoms with van der Waals surface area (Å²) in [6.45, 7) is 2.05. The van der Waals surface area contributed by atoms with E-state index in [2.05, 4.69) is 15.9 Å². The van der Waals surface area contributed by atoms with Gasteiger partial charge in [-0.3, -0.25) is 0 Å². The number of nitrogen functional groups attached to an aromatic ring is 1. The summed E-state index contributed by atoms with van der Waals surface area (Å²) in [6, 6.07) is 5.81. The van der Waals surface area contributed by atoms with Crippen LogP contribution in [-0.4, -0.2) is 0 Å². The normalized spacial score (nSPS) is 12.9. The van der Waals surface area contributed by atoms with Crippen molar-refractivity contribution < 1.29 is 0 Å². The number of hydrogen-bond acceptors (Lipinski definition) is 2. The van der Waals surface area contributed by atoms with E-state index in [0.717, 1.165) is 22.1 Å². The molecule has 12 heavy (non-hydrogen) atoms. The summed E-state index contributed by atoms with van der Waals surface area (Å²) in [7, 11) is 0. The third-order valence-corrected chi connectivity index (χ3v) is 2.38. The molecule has 1 aromatic rings. The van der Waals surface area contributed by atoms with Crippen molar-refractivity contribution in [2.75, 3.05) is 5.73 Å². The highest BCUT2D eigenvalue weighted by Gasteiger charge is 2.06. The quantitative estimate of drug-likeness (QED) is 0.765. The topological polar surface area (TPSA) is 52.0 Å². The van der Waals surface area contributed by atoms with Crippen molar-refractivity contribution in [3.8, 4) is 0 Å². The molecule has 1 atom stereocenters. The minimum absolute atomic E-state index is 0.0440. The zero-order chi connectivity index (χ0) is 9.14. The maximum Gasteiger partial charge on any atom is 0.0363 e. The number of nitrogens with two attached hydrogens (primary N) is 2. The van der Waals surface area contributed by atoms with Crippen LogP contribution in [0.25, 0.3) is 0 Å². The standard InChI is InChI=1S/C9H13BrN2/c1-2-8(11)7-5-6(10)3-4-9(7)12/h3-5,8H,2,11-12H2,1H3. The van der Waals surface area contributed by atoms with Crippen LogP contribution in [0.2, 0.25) is 0 Å². The van der Waals surface area contributed by atoms with Crippen LogP contribution < -0.4 is 11.5 Å². The van der Waals surface area contributed by atoms with Gasteiger partial charge in [0.25, 0.3) is 0 Å². The molecule has 0 aliphatic heterocycles. The van der Waals surface area contributed by atoms with E-state index in [4.69, 9.17) is 11.5 Å². The van der Waals surface area contributed by atoms with Crippen molar-refractivity contribution in [1.29, 1.82) is 0 Å². The highest BCUT2D eigenvalue weighted by atomic mass is 79.9. The van der Waals surface area contributed by atoms with Crippen LogP contribution >= 0.6 is 15.9 Å². The fourth-order valence-corrected chi connectivity index (χ4v) is 1.47. The largest absolute Gasteiger partial charge is 0.398 e. The molecule has 1 rings (SSSR count). The van der Waals surface area contributed by atoms with Crippen LogP contribution in [-0.2, 0) is 0 Å². The van der Waals surface area contributed by atoms with Gasteiger partial charge in [0.05, 0.1) is 0 Å². The zero-order valence-corrected chi connectivity index (χ0v) is 8.64. The maximum atomic E-state index is 5.86. The lowest BCUT2D eigenvalue weighted by atomic mass is 10.0. The van der Waals surface area contributed by atoms with E-state index in [1.807, 2.05) is 25.1 Å². The van der Waals surface area contributed by atoms with Crippen LogP contribution in [0.3, 0.4) is 0 Å². The maximum absolute atomic E-state index is 5.86. The van der Waals surface area contributed by atoms with Crippen LogP contribution in [0.1, 0.15) is 24.9 Å². The number of halogens is 1. The molecule has 0 fully saturated rings. The summed E-state index contributed by atoms with van der Waals surface area (Å²) < 4.78 is 1.02. The SMILES string of the molecule is CCC(N)c1cc(Br)ccc1N. The van der Waals surface area contributed by atoms with Gasteiger partial charge in [-0.25, -0.2) is 0 Å². The second-order valence-corrected chi connectivity index (χ2v) is 3.70. The Hall–Kier alpha value is -0.540. The first-order valence-corrected chi connectivity index (χ1v) is 4.75. The first-order chi connectivity index (χ1) is 5.65. The van der Waals surface area contributed by atoms with E-state index in [1.165, 1.54) is 0 Å². The molecule has 0 aliphatic rings. The molecule has 3 heteroatoms. The van der Waals surface area contributed by atoms with Gasteiger partial charge in [0, 0.05) is 16.2 Å². The van der Waals surface area contributed by atoms with Crippen molar-refractivity contribution in [1.82, 2.24) is 0 Å². The molecule has 1 aromatic carbocycles. The Morgan fingerprint density at radius 1 is 1.50 bits per heavy atom. The van der Waals surface area contributed by atoms with E-state index in [-0.39, 0.29) is 6.04 Å². The molecule has 66 valence electrons. The minimum Gasteiger partial charge on any atom is -0.398 e. The molecule has 0 saturated carbocycles. The summed E-state index contributed by atoms with van der Waals surface area (Å²) >= 11 is 3.38. The van der Waals surface area contributed by atoms with Gasteiger partial charge < -0.3 is 11.5 Å². The lowest BCUT2D eigenvalue weighted by Crippen LogP contribution is -2.10. The molecule has 0 radical (unpaired) electrons. The van der Waals surface area contributed by atoms with Gasteiger partial charge in [-0.2, -0.15) is 0 Å². The van der Waals surface area contributed by atoms with Gasteiger partial charge in [0.15, 0.2) is 0 Å². The van der Waals surface area contributed by atoms with Crippen LogP contribution in [0, 0.1) is 0 Å². The van der Waals surface area contributed by atoms with Gasteiger partial charge in [-0.05, 0) is 30.2 Å². The predicted molar refractivity (Wildman–Crippen MR) is 55.8 cm³/mol. The summed E-state index contributed by atoms with van der Waals surface area (Å²) in [5, 5.41) is 0. The van der Waals surface area contributed by atoms with Gasteiger partial charge in [0.2, 0.25) is 0 Å². The predicted octanol–water partition coefficient (Wildman–Crippen LogP) is 2.44. The Morgan fingerprint density at radius 3 is 2.75 bits per heavy atom. The summed E-state index contributed by atoms with van der Waals surface area (Å²) in [5.41, 5.74) is 13.4. The van der Waals surface area contributed by atoms with E-state index < -0.39 is 0 Å². The molecule has 0 bridgehead atoms. The molecule has 2 nitrogen and oxygen atoms in total. The molecule has 0 heterocycles. The summed E-state index contributed by atoms with van der Waals surface area (Å²) in [6.07, 6.45) is 0.903. The van der Waals surface area contributed by atoms with Crippen molar-refractivity contribution in [3.63, 3.8) is 0 Å². The number of hydrogen-bond donors (Lipinski definition) is 2.